The van der Waals surface area contributed by atoms with Gasteiger partial charge in [0.1, 0.15) is 6.10 Å². The Morgan fingerprint density at radius 2 is 2.22 bits per heavy atom. The monoisotopic (exact) mass is 324 g/mol. The zero-order valence-electron chi connectivity index (χ0n) is 14.1. The van der Waals surface area contributed by atoms with Gasteiger partial charge in [-0.15, -0.1) is 0 Å². The van der Waals surface area contributed by atoms with Crippen molar-refractivity contribution in [2.45, 2.75) is 38.0 Å². The number of benzene rings is 1. The SMILES string of the molecule is COc1ccc([C@H](C)NC[C@@H]2CC[C@H](C(=O)N(C)C)O2)cc1F. The fourth-order valence-corrected chi connectivity index (χ4v) is 2.70. The summed E-state index contributed by atoms with van der Waals surface area (Å²) in [5.41, 5.74) is 0.849. The number of carbonyl (C=O) groups is 1. The Balaban J connectivity index is 1.84. The summed E-state index contributed by atoms with van der Waals surface area (Å²) >= 11 is 0. The minimum absolute atomic E-state index is 0.00875. The number of rotatable bonds is 6. The molecule has 0 bridgehead atoms. The van der Waals surface area contributed by atoms with Gasteiger partial charge in [0.25, 0.3) is 5.91 Å². The van der Waals surface area contributed by atoms with Crippen molar-refractivity contribution in [3.63, 3.8) is 0 Å². The second-order valence-corrected chi connectivity index (χ2v) is 6.08. The van der Waals surface area contributed by atoms with Gasteiger partial charge in [0.15, 0.2) is 11.6 Å². The van der Waals surface area contributed by atoms with Crippen LogP contribution in [0.5, 0.6) is 5.75 Å². The third-order valence-corrected chi connectivity index (χ3v) is 4.15. The Morgan fingerprint density at radius 1 is 1.48 bits per heavy atom. The number of amides is 1. The van der Waals surface area contributed by atoms with E-state index in [0.29, 0.717) is 6.54 Å². The highest BCUT2D eigenvalue weighted by Crippen LogP contribution is 2.23. The number of nitrogens with zero attached hydrogens (tertiary/aromatic N) is 1. The summed E-state index contributed by atoms with van der Waals surface area (Å²) in [5, 5.41) is 3.34. The van der Waals surface area contributed by atoms with Gasteiger partial charge in [-0.05, 0) is 37.5 Å². The van der Waals surface area contributed by atoms with Crippen molar-refractivity contribution in [2.75, 3.05) is 27.7 Å². The van der Waals surface area contributed by atoms with E-state index < -0.39 is 0 Å². The van der Waals surface area contributed by atoms with Crippen molar-refractivity contribution < 1.29 is 18.7 Å². The largest absolute Gasteiger partial charge is 0.494 e. The minimum Gasteiger partial charge on any atom is -0.494 e. The maximum Gasteiger partial charge on any atom is 0.251 e. The van der Waals surface area contributed by atoms with Crippen molar-refractivity contribution in [1.29, 1.82) is 0 Å². The molecule has 1 N–H and O–H groups in total. The maximum atomic E-state index is 13.7. The molecule has 1 heterocycles. The predicted octanol–water partition coefficient (Wildman–Crippen LogP) is 2.12. The fraction of sp³-hybridized carbons (Fsp3) is 0.588. The van der Waals surface area contributed by atoms with Crippen LogP contribution in [0.2, 0.25) is 0 Å². The Bertz CT molecular complexity index is 551. The van der Waals surface area contributed by atoms with Crippen LogP contribution in [0.1, 0.15) is 31.4 Å². The lowest BCUT2D eigenvalue weighted by molar-refractivity contribution is -0.140. The predicted molar refractivity (Wildman–Crippen MR) is 86.0 cm³/mol. The Hall–Kier alpha value is -1.66. The van der Waals surface area contributed by atoms with Crippen LogP contribution in [-0.4, -0.2) is 50.8 Å². The van der Waals surface area contributed by atoms with E-state index in [-0.39, 0.29) is 35.7 Å². The van der Waals surface area contributed by atoms with E-state index >= 15 is 0 Å². The lowest BCUT2D eigenvalue weighted by Gasteiger charge is -2.20. The average molecular weight is 324 g/mol. The van der Waals surface area contributed by atoms with Gasteiger partial charge < -0.3 is 19.7 Å². The number of halogens is 1. The standard InChI is InChI=1S/C17H25FN2O3/c1-11(12-5-7-15(22-4)14(18)9-12)19-10-13-6-8-16(23-13)17(21)20(2)3/h5,7,9,11,13,16,19H,6,8,10H2,1-4H3/t11-,13-,16+/m0/s1. The molecule has 1 aliphatic heterocycles. The molecule has 0 saturated carbocycles. The molecule has 6 heteroatoms. The summed E-state index contributed by atoms with van der Waals surface area (Å²) in [7, 11) is 4.91. The molecule has 1 fully saturated rings. The van der Waals surface area contributed by atoms with Gasteiger partial charge in [-0.25, -0.2) is 4.39 Å². The molecule has 1 aromatic carbocycles. The highest BCUT2D eigenvalue weighted by Gasteiger charge is 2.31. The molecule has 0 radical (unpaired) electrons. The third-order valence-electron chi connectivity index (χ3n) is 4.15. The highest BCUT2D eigenvalue weighted by molar-refractivity contribution is 5.80. The molecular formula is C17H25FN2O3. The first-order valence-corrected chi connectivity index (χ1v) is 7.85. The summed E-state index contributed by atoms with van der Waals surface area (Å²) < 4.78 is 24.5. The van der Waals surface area contributed by atoms with Crippen molar-refractivity contribution in [2.24, 2.45) is 0 Å². The van der Waals surface area contributed by atoms with Crippen LogP contribution in [0.15, 0.2) is 18.2 Å². The Labute approximate surface area is 136 Å². The van der Waals surface area contributed by atoms with E-state index in [2.05, 4.69) is 5.32 Å². The summed E-state index contributed by atoms with van der Waals surface area (Å²) in [6.07, 6.45) is 1.26. The quantitative estimate of drug-likeness (QED) is 0.871. The van der Waals surface area contributed by atoms with Crippen LogP contribution in [-0.2, 0) is 9.53 Å². The second-order valence-electron chi connectivity index (χ2n) is 6.08. The molecule has 5 nitrogen and oxygen atoms in total. The van der Waals surface area contributed by atoms with Crippen LogP contribution in [0, 0.1) is 5.82 Å². The van der Waals surface area contributed by atoms with Crippen molar-refractivity contribution in [1.82, 2.24) is 10.2 Å². The molecule has 23 heavy (non-hydrogen) atoms. The minimum atomic E-state index is -0.368. The van der Waals surface area contributed by atoms with Gasteiger partial charge >= 0.3 is 0 Å². The van der Waals surface area contributed by atoms with Crippen LogP contribution >= 0.6 is 0 Å². The van der Waals surface area contributed by atoms with Crippen LogP contribution in [0.25, 0.3) is 0 Å². The second kappa shape index (κ2) is 7.75. The molecule has 1 saturated heterocycles. The van der Waals surface area contributed by atoms with Gasteiger partial charge in [-0.2, -0.15) is 0 Å². The summed E-state index contributed by atoms with van der Waals surface area (Å²) in [4.78, 5) is 13.4. The number of methoxy groups -OCH3 is 1. The topological polar surface area (TPSA) is 50.8 Å². The van der Waals surface area contributed by atoms with E-state index in [1.165, 1.54) is 13.2 Å². The zero-order chi connectivity index (χ0) is 17.0. The molecule has 1 aromatic rings. The molecule has 0 unspecified atom stereocenters. The van der Waals surface area contributed by atoms with Crippen LogP contribution in [0.3, 0.4) is 0 Å². The number of nitrogens with one attached hydrogen (secondary N) is 1. The molecule has 1 amide bonds. The summed E-state index contributed by atoms with van der Waals surface area (Å²) in [6.45, 7) is 2.60. The summed E-state index contributed by atoms with van der Waals surface area (Å²) in [6, 6.07) is 4.93. The number of likely N-dealkylation sites (N-methyl/N-ethyl adjacent to an activating group) is 1. The van der Waals surface area contributed by atoms with Gasteiger partial charge in [0, 0.05) is 26.7 Å². The molecule has 2 rings (SSSR count). The summed E-state index contributed by atoms with van der Waals surface area (Å²) in [5.74, 6) is -0.115. The Morgan fingerprint density at radius 3 is 2.83 bits per heavy atom. The van der Waals surface area contributed by atoms with Gasteiger partial charge in [-0.3, -0.25) is 4.79 Å². The number of carbonyl (C=O) groups excluding carboxylic acids is 1. The normalized spacial score (nSPS) is 22.0. The zero-order valence-corrected chi connectivity index (χ0v) is 14.1. The van der Waals surface area contributed by atoms with Gasteiger partial charge in [-0.1, -0.05) is 6.07 Å². The Kier molecular flexibility index (Phi) is 5.96. The first kappa shape index (κ1) is 17.7. The van der Waals surface area contributed by atoms with E-state index in [1.54, 1.807) is 25.1 Å². The van der Waals surface area contributed by atoms with E-state index in [1.807, 2.05) is 13.0 Å². The number of hydrogen-bond donors (Lipinski definition) is 1. The number of ether oxygens (including phenoxy) is 2. The van der Waals surface area contributed by atoms with E-state index in [4.69, 9.17) is 9.47 Å². The van der Waals surface area contributed by atoms with Crippen LogP contribution in [0.4, 0.5) is 4.39 Å². The van der Waals surface area contributed by atoms with Crippen molar-refractivity contribution in [3.05, 3.63) is 29.6 Å². The molecule has 3 atom stereocenters. The van der Waals surface area contributed by atoms with E-state index in [9.17, 15) is 9.18 Å². The van der Waals surface area contributed by atoms with Crippen LogP contribution < -0.4 is 10.1 Å². The average Bonchev–Trinajstić information content (AvgIpc) is 3.00. The molecule has 0 spiro atoms. The first-order valence-electron chi connectivity index (χ1n) is 7.85. The molecule has 1 aliphatic rings. The number of hydrogen-bond acceptors (Lipinski definition) is 4. The van der Waals surface area contributed by atoms with Gasteiger partial charge in [0.05, 0.1) is 13.2 Å². The van der Waals surface area contributed by atoms with Crippen molar-refractivity contribution in [3.8, 4) is 5.75 Å². The van der Waals surface area contributed by atoms with E-state index in [0.717, 1.165) is 18.4 Å². The maximum absolute atomic E-state index is 13.7. The third kappa shape index (κ3) is 4.42. The van der Waals surface area contributed by atoms with Crippen molar-refractivity contribution >= 4 is 5.91 Å². The molecule has 0 aliphatic carbocycles. The lowest BCUT2D eigenvalue weighted by atomic mass is 10.1. The smallest absolute Gasteiger partial charge is 0.251 e. The van der Waals surface area contributed by atoms with Gasteiger partial charge in [0.2, 0.25) is 0 Å². The molecule has 0 aromatic heterocycles. The first-order chi connectivity index (χ1) is 10.9. The molecular weight excluding hydrogens is 299 g/mol. The highest BCUT2D eigenvalue weighted by atomic mass is 19.1. The molecule has 128 valence electrons. The fourth-order valence-electron chi connectivity index (χ4n) is 2.70. The lowest BCUT2D eigenvalue weighted by Crippen LogP contribution is -2.35.